The summed E-state index contributed by atoms with van der Waals surface area (Å²) in [7, 11) is 0. The Morgan fingerprint density at radius 2 is 1.42 bits per heavy atom. The first kappa shape index (κ1) is 24.6. The van der Waals surface area contributed by atoms with E-state index in [2.05, 4.69) is 33.0 Å². The molecule has 2 saturated heterocycles. The average Bonchev–Trinajstić information content (AvgIpc) is 3.61. The summed E-state index contributed by atoms with van der Waals surface area (Å²) in [5.74, 6) is 1.81. The molecule has 0 unspecified atom stereocenters. The van der Waals surface area contributed by atoms with E-state index < -0.39 is 0 Å². The van der Waals surface area contributed by atoms with Crippen molar-refractivity contribution in [2.45, 2.75) is 32.1 Å². The highest BCUT2D eigenvalue weighted by Crippen LogP contribution is 2.31. The molecule has 6 heteroatoms. The second-order valence-electron chi connectivity index (χ2n) is 9.84. The van der Waals surface area contributed by atoms with Crippen molar-refractivity contribution in [1.82, 2.24) is 14.8 Å². The minimum absolute atomic E-state index is 0.263. The number of hydrogen-bond donors (Lipinski definition) is 1. The van der Waals surface area contributed by atoms with Gasteiger partial charge in [-0.15, -0.1) is 0 Å². The summed E-state index contributed by atoms with van der Waals surface area (Å²) >= 11 is 0. The van der Waals surface area contributed by atoms with E-state index in [9.17, 15) is 5.11 Å². The van der Waals surface area contributed by atoms with Crippen LogP contribution < -0.4 is 9.47 Å². The summed E-state index contributed by atoms with van der Waals surface area (Å²) in [5.41, 5.74) is 4.32. The fourth-order valence-corrected chi connectivity index (χ4v) is 5.12. The Hall–Kier alpha value is -3.09. The Balaban J connectivity index is 1.18. The van der Waals surface area contributed by atoms with Crippen molar-refractivity contribution in [2.24, 2.45) is 0 Å². The summed E-state index contributed by atoms with van der Waals surface area (Å²) in [4.78, 5) is 9.41. The lowest BCUT2D eigenvalue weighted by atomic mass is 9.95. The first-order chi connectivity index (χ1) is 17.7. The largest absolute Gasteiger partial charge is 0.508 e. The molecule has 3 aromatic rings. The number of rotatable bonds is 11. The highest BCUT2D eigenvalue weighted by atomic mass is 16.5. The predicted octanol–water partition coefficient (Wildman–Crippen LogP) is 4.99. The first-order valence-corrected chi connectivity index (χ1v) is 13.3. The molecule has 2 aliphatic heterocycles. The third kappa shape index (κ3) is 6.77. The van der Waals surface area contributed by atoms with E-state index >= 15 is 0 Å². The SMILES string of the molecule is Oc1ccc(Cc2ccc(OCCN3CCCC3)nc2)c(-c2ccc(OCCN3CCCC3)cc2)c1. The summed E-state index contributed by atoms with van der Waals surface area (Å²) < 4.78 is 11.8. The molecular formula is C30H37N3O3. The van der Waals surface area contributed by atoms with Gasteiger partial charge in [0.1, 0.15) is 24.7 Å². The number of phenols is 1. The molecule has 2 aliphatic rings. The molecule has 5 rings (SSSR count). The van der Waals surface area contributed by atoms with Crippen LogP contribution in [0.1, 0.15) is 36.8 Å². The lowest BCUT2D eigenvalue weighted by Gasteiger charge is -2.15. The van der Waals surface area contributed by atoms with E-state index in [4.69, 9.17) is 9.47 Å². The summed E-state index contributed by atoms with van der Waals surface area (Å²) in [6, 6.07) is 17.8. The van der Waals surface area contributed by atoms with Crippen molar-refractivity contribution in [3.05, 3.63) is 71.9 Å². The van der Waals surface area contributed by atoms with Crippen LogP contribution in [0.5, 0.6) is 17.4 Å². The Labute approximate surface area is 214 Å². The van der Waals surface area contributed by atoms with Crippen LogP contribution >= 0.6 is 0 Å². The van der Waals surface area contributed by atoms with Crippen LogP contribution in [0.25, 0.3) is 11.1 Å². The Morgan fingerprint density at radius 1 is 0.750 bits per heavy atom. The molecule has 2 aromatic carbocycles. The van der Waals surface area contributed by atoms with Gasteiger partial charge in [-0.3, -0.25) is 9.80 Å². The van der Waals surface area contributed by atoms with Crippen LogP contribution in [0.3, 0.4) is 0 Å². The van der Waals surface area contributed by atoms with Gasteiger partial charge in [-0.25, -0.2) is 4.98 Å². The van der Waals surface area contributed by atoms with Gasteiger partial charge in [-0.1, -0.05) is 24.3 Å². The zero-order chi connectivity index (χ0) is 24.6. The van der Waals surface area contributed by atoms with E-state index in [1.54, 1.807) is 6.07 Å². The second kappa shape index (κ2) is 12.2. The van der Waals surface area contributed by atoms with Gasteiger partial charge < -0.3 is 14.6 Å². The van der Waals surface area contributed by atoms with Crippen LogP contribution in [-0.4, -0.2) is 72.4 Å². The molecule has 0 spiro atoms. The zero-order valence-electron chi connectivity index (χ0n) is 21.1. The Bertz CT molecular complexity index is 1090. The second-order valence-corrected chi connectivity index (χ2v) is 9.84. The molecule has 0 amide bonds. The van der Waals surface area contributed by atoms with E-state index in [1.165, 1.54) is 51.9 Å². The summed E-state index contributed by atoms with van der Waals surface area (Å²) in [6.07, 6.45) is 7.80. The van der Waals surface area contributed by atoms with Gasteiger partial charge in [0, 0.05) is 25.4 Å². The third-order valence-corrected chi connectivity index (χ3v) is 7.18. The van der Waals surface area contributed by atoms with Gasteiger partial charge >= 0.3 is 0 Å². The number of likely N-dealkylation sites (tertiary alicyclic amines) is 2. The van der Waals surface area contributed by atoms with Gasteiger partial charge in [0.2, 0.25) is 5.88 Å². The predicted molar refractivity (Wildman–Crippen MR) is 143 cm³/mol. The minimum atomic E-state index is 0.263. The number of aromatic hydroxyl groups is 1. The normalized spacial score (nSPS) is 16.4. The number of pyridine rings is 1. The fourth-order valence-electron chi connectivity index (χ4n) is 5.12. The van der Waals surface area contributed by atoms with Gasteiger partial charge in [-0.2, -0.15) is 0 Å². The number of hydrogen-bond acceptors (Lipinski definition) is 6. The van der Waals surface area contributed by atoms with Crippen molar-refractivity contribution < 1.29 is 14.6 Å². The lowest BCUT2D eigenvalue weighted by molar-refractivity contribution is 0.232. The molecule has 0 saturated carbocycles. The topological polar surface area (TPSA) is 58.1 Å². The number of ether oxygens (including phenoxy) is 2. The molecule has 190 valence electrons. The quantitative estimate of drug-likeness (QED) is 0.411. The third-order valence-electron chi connectivity index (χ3n) is 7.18. The zero-order valence-corrected chi connectivity index (χ0v) is 21.1. The van der Waals surface area contributed by atoms with Crippen molar-refractivity contribution in [3.8, 4) is 28.5 Å². The highest BCUT2D eigenvalue weighted by Gasteiger charge is 2.13. The van der Waals surface area contributed by atoms with Gasteiger partial charge in [0.25, 0.3) is 0 Å². The molecule has 0 radical (unpaired) electrons. The van der Waals surface area contributed by atoms with Crippen LogP contribution in [0.15, 0.2) is 60.8 Å². The van der Waals surface area contributed by atoms with Crippen molar-refractivity contribution in [2.75, 3.05) is 52.5 Å². The standard InChI is InChI=1S/C30H37N3O3/c34-27-9-6-26(21-24-5-12-30(31-23-24)36-20-18-33-15-3-4-16-33)29(22-27)25-7-10-28(11-8-25)35-19-17-32-13-1-2-14-32/h5-12,22-23,34H,1-4,13-21H2. The molecular weight excluding hydrogens is 450 g/mol. The van der Waals surface area contributed by atoms with Crippen LogP contribution in [-0.2, 0) is 6.42 Å². The molecule has 1 aromatic heterocycles. The molecule has 36 heavy (non-hydrogen) atoms. The molecule has 0 aliphatic carbocycles. The van der Waals surface area contributed by atoms with Gasteiger partial charge in [-0.05, 0) is 105 Å². The monoisotopic (exact) mass is 487 g/mol. The van der Waals surface area contributed by atoms with E-state index in [-0.39, 0.29) is 5.75 Å². The molecule has 0 atom stereocenters. The molecule has 2 fully saturated rings. The molecule has 0 bridgehead atoms. The Kier molecular flexibility index (Phi) is 8.36. The Morgan fingerprint density at radius 3 is 2.06 bits per heavy atom. The highest BCUT2D eigenvalue weighted by molar-refractivity contribution is 5.70. The van der Waals surface area contributed by atoms with E-state index in [1.807, 2.05) is 36.5 Å². The van der Waals surface area contributed by atoms with Crippen LogP contribution in [0.4, 0.5) is 0 Å². The lowest BCUT2D eigenvalue weighted by Crippen LogP contribution is -2.25. The van der Waals surface area contributed by atoms with E-state index in [0.717, 1.165) is 47.5 Å². The number of aromatic nitrogens is 1. The minimum Gasteiger partial charge on any atom is -0.508 e. The van der Waals surface area contributed by atoms with Crippen molar-refractivity contribution >= 4 is 0 Å². The van der Waals surface area contributed by atoms with Crippen LogP contribution in [0.2, 0.25) is 0 Å². The van der Waals surface area contributed by atoms with Gasteiger partial charge in [0.05, 0.1) is 0 Å². The summed E-state index contributed by atoms with van der Waals surface area (Å²) in [6.45, 7) is 8.06. The maximum Gasteiger partial charge on any atom is 0.213 e. The van der Waals surface area contributed by atoms with Gasteiger partial charge in [0.15, 0.2) is 0 Å². The molecule has 1 N–H and O–H groups in total. The van der Waals surface area contributed by atoms with Crippen LogP contribution in [0, 0.1) is 0 Å². The fraction of sp³-hybridized carbons (Fsp3) is 0.433. The smallest absolute Gasteiger partial charge is 0.213 e. The summed E-state index contributed by atoms with van der Waals surface area (Å²) in [5, 5.41) is 10.2. The van der Waals surface area contributed by atoms with Crippen molar-refractivity contribution in [3.63, 3.8) is 0 Å². The molecule has 3 heterocycles. The number of phenolic OH excluding ortho intramolecular Hbond substituents is 1. The molecule has 6 nitrogen and oxygen atoms in total. The average molecular weight is 488 g/mol. The van der Waals surface area contributed by atoms with E-state index in [0.29, 0.717) is 19.1 Å². The maximum absolute atomic E-state index is 10.2. The number of nitrogens with zero attached hydrogens (tertiary/aromatic N) is 3. The number of benzene rings is 2. The van der Waals surface area contributed by atoms with Crippen molar-refractivity contribution in [1.29, 1.82) is 0 Å². The first-order valence-electron chi connectivity index (χ1n) is 13.3. The maximum atomic E-state index is 10.2.